The van der Waals surface area contributed by atoms with E-state index in [0.717, 1.165) is 30.2 Å². The molecule has 17 heavy (non-hydrogen) atoms. The van der Waals surface area contributed by atoms with Gasteiger partial charge in [0.15, 0.2) is 0 Å². The Morgan fingerprint density at radius 2 is 2.00 bits per heavy atom. The minimum atomic E-state index is 0.258. The van der Waals surface area contributed by atoms with Crippen molar-refractivity contribution in [2.45, 2.75) is 38.9 Å². The SMILES string of the molecule is Cc1nc(N2CC(C)OC(C)C2)ccc1CCl. The number of hydrogen-bond acceptors (Lipinski definition) is 3. The van der Waals surface area contributed by atoms with E-state index in [2.05, 4.69) is 35.9 Å². The number of aromatic nitrogens is 1. The molecule has 2 atom stereocenters. The normalized spacial score (nSPS) is 25.1. The van der Waals surface area contributed by atoms with Crippen LogP contribution in [0.15, 0.2) is 12.1 Å². The number of ether oxygens (including phenoxy) is 1. The maximum Gasteiger partial charge on any atom is 0.128 e. The highest BCUT2D eigenvalue weighted by Gasteiger charge is 2.23. The van der Waals surface area contributed by atoms with Crippen LogP contribution in [0.4, 0.5) is 5.82 Å². The molecule has 2 heterocycles. The zero-order valence-corrected chi connectivity index (χ0v) is 11.4. The van der Waals surface area contributed by atoms with Crippen LogP contribution in [0.5, 0.6) is 0 Å². The van der Waals surface area contributed by atoms with Gasteiger partial charge in [0, 0.05) is 24.7 Å². The van der Waals surface area contributed by atoms with Crippen LogP contribution in [0.1, 0.15) is 25.1 Å². The molecule has 1 fully saturated rings. The van der Waals surface area contributed by atoms with Crippen molar-refractivity contribution in [1.29, 1.82) is 0 Å². The minimum absolute atomic E-state index is 0.258. The summed E-state index contributed by atoms with van der Waals surface area (Å²) in [4.78, 5) is 6.90. The Morgan fingerprint density at radius 1 is 1.35 bits per heavy atom. The summed E-state index contributed by atoms with van der Waals surface area (Å²) in [5.41, 5.74) is 2.12. The van der Waals surface area contributed by atoms with Crippen molar-refractivity contribution in [2.24, 2.45) is 0 Å². The fraction of sp³-hybridized carbons (Fsp3) is 0.615. The number of morpholine rings is 1. The lowest BCUT2D eigenvalue weighted by atomic mass is 10.2. The zero-order chi connectivity index (χ0) is 12.4. The van der Waals surface area contributed by atoms with Crippen molar-refractivity contribution < 1.29 is 4.74 Å². The molecule has 1 aliphatic heterocycles. The monoisotopic (exact) mass is 254 g/mol. The maximum atomic E-state index is 5.84. The molecule has 2 rings (SSSR count). The Balaban J connectivity index is 2.19. The number of hydrogen-bond donors (Lipinski definition) is 0. The van der Waals surface area contributed by atoms with Crippen molar-refractivity contribution in [3.63, 3.8) is 0 Å². The fourth-order valence-electron chi connectivity index (χ4n) is 2.26. The van der Waals surface area contributed by atoms with Crippen LogP contribution < -0.4 is 4.90 Å². The number of pyridine rings is 1. The molecule has 3 nitrogen and oxygen atoms in total. The Hall–Kier alpha value is -0.800. The molecule has 0 saturated carbocycles. The highest BCUT2D eigenvalue weighted by Crippen LogP contribution is 2.20. The van der Waals surface area contributed by atoms with E-state index < -0.39 is 0 Å². The van der Waals surface area contributed by atoms with Gasteiger partial charge in [-0.15, -0.1) is 11.6 Å². The van der Waals surface area contributed by atoms with E-state index in [1.165, 1.54) is 0 Å². The van der Waals surface area contributed by atoms with E-state index in [4.69, 9.17) is 16.3 Å². The van der Waals surface area contributed by atoms with Gasteiger partial charge < -0.3 is 9.64 Å². The predicted molar refractivity (Wildman–Crippen MR) is 70.8 cm³/mol. The largest absolute Gasteiger partial charge is 0.372 e. The molecule has 94 valence electrons. The molecule has 2 unspecified atom stereocenters. The second-order valence-electron chi connectivity index (χ2n) is 4.71. The molecule has 0 aromatic carbocycles. The van der Waals surface area contributed by atoms with E-state index in [0.29, 0.717) is 5.88 Å². The van der Waals surface area contributed by atoms with E-state index in [1.54, 1.807) is 0 Å². The van der Waals surface area contributed by atoms with Crippen LogP contribution >= 0.6 is 11.6 Å². The second-order valence-corrected chi connectivity index (χ2v) is 4.98. The third kappa shape index (κ3) is 2.90. The molecule has 1 aliphatic rings. The van der Waals surface area contributed by atoms with Gasteiger partial charge in [0.2, 0.25) is 0 Å². The van der Waals surface area contributed by atoms with Crippen molar-refractivity contribution in [2.75, 3.05) is 18.0 Å². The molecule has 0 aliphatic carbocycles. The molecular weight excluding hydrogens is 236 g/mol. The summed E-state index contributed by atoms with van der Waals surface area (Å²) < 4.78 is 5.72. The van der Waals surface area contributed by atoms with Gasteiger partial charge in [0.25, 0.3) is 0 Å². The number of nitrogens with zero attached hydrogens (tertiary/aromatic N) is 2. The van der Waals surface area contributed by atoms with Gasteiger partial charge in [0.1, 0.15) is 5.82 Å². The summed E-state index contributed by atoms with van der Waals surface area (Å²) in [6.45, 7) is 8.01. The summed E-state index contributed by atoms with van der Waals surface area (Å²) in [5, 5.41) is 0. The summed E-state index contributed by atoms with van der Waals surface area (Å²) in [5.74, 6) is 1.55. The van der Waals surface area contributed by atoms with E-state index in [1.807, 2.05) is 6.92 Å². The predicted octanol–water partition coefficient (Wildman–Crippen LogP) is 2.74. The number of rotatable bonds is 2. The van der Waals surface area contributed by atoms with Crippen LogP contribution in [-0.4, -0.2) is 30.3 Å². The average Bonchev–Trinajstić information content (AvgIpc) is 2.27. The van der Waals surface area contributed by atoms with Gasteiger partial charge in [-0.05, 0) is 32.4 Å². The highest BCUT2D eigenvalue weighted by molar-refractivity contribution is 6.17. The van der Waals surface area contributed by atoms with Gasteiger partial charge in [0.05, 0.1) is 12.2 Å². The standard InChI is InChI=1S/C13H19ClN2O/c1-9-7-16(8-10(2)17-9)13-5-4-12(6-14)11(3)15-13/h4-5,9-10H,6-8H2,1-3H3. The Labute approximate surface area is 108 Å². The van der Waals surface area contributed by atoms with Crippen LogP contribution in [-0.2, 0) is 10.6 Å². The molecule has 0 amide bonds. The van der Waals surface area contributed by atoms with Gasteiger partial charge in [-0.1, -0.05) is 6.07 Å². The molecule has 1 aromatic rings. The maximum absolute atomic E-state index is 5.84. The van der Waals surface area contributed by atoms with Crippen LogP contribution in [0.25, 0.3) is 0 Å². The van der Waals surface area contributed by atoms with Gasteiger partial charge in [-0.2, -0.15) is 0 Å². The molecule has 0 spiro atoms. The van der Waals surface area contributed by atoms with Crippen molar-refractivity contribution >= 4 is 17.4 Å². The topological polar surface area (TPSA) is 25.4 Å². The minimum Gasteiger partial charge on any atom is -0.372 e. The lowest BCUT2D eigenvalue weighted by Crippen LogP contribution is -2.45. The number of anilines is 1. The van der Waals surface area contributed by atoms with Gasteiger partial charge in [-0.3, -0.25) is 0 Å². The molecule has 1 aromatic heterocycles. The van der Waals surface area contributed by atoms with Crippen molar-refractivity contribution in [3.05, 3.63) is 23.4 Å². The first kappa shape index (κ1) is 12.7. The van der Waals surface area contributed by atoms with E-state index in [9.17, 15) is 0 Å². The Kier molecular flexibility index (Phi) is 3.89. The summed E-state index contributed by atoms with van der Waals surface area (Å²) in [7, 11) is 0. The third-order valence-electron chi connectivity index (χ3n) is 3.07. The van der Waals surface area contributed by atoms with Crippen molar-refractivity contribution in [1.82, 2.24) is 4.98 Å². The van der Waals surface area contributed by atoms with Crippen LogP contribution in [0.3, 0.4) is 0 Å². The van der Waals surface area contributed by atoms with E-state index >= 15 is 0 Å². The zero-order valence-electron chi connectivity index (χ0n) is 10.6. The van der Waals surface area contributed by atoms with Crippen LogP contribution in [0, 0.1) is 6.92 Å². The quantitative estimate of drug-likeness (QED) is 0.759. The van der Waals surface area contributed by atoms with Gasteiger partial charge in [-0.25, -0.2) is 4.98 Å². The van der Waals surface area contributed by atoms with Crippen molar-refractivity contribution in [3.8, 4) is 0 Å². The number of alkyl halides is 1. The molecule has 4 heteroatoms. The first-order chi connectivity index (χ1) is 8.10. The summed E-state index contributed by atoms with van der Waals surface area (Å²) in [6, 6.07) is 4.12. The number of aryl methyl sites for hydroxylation is 1. The molecule has 1 saturated heterocycles. The molecule has 0 radical (unpaired) electrons. The third-order valence-corrected chi connectivity index (χ3v) is 3.36. The number of halogens is 1. The lowest BCUT2D eigenvalue weighted by molar-refractivity contribution is -0.00546. The lowest BCUT2D eigenvalue weighted by Gasteiger charge is -2.36. The first-order valence-corrected chi connectivity index (χ1v) is 6.56. The molecule has 0 N–H and O–H groups in total. The molecule has 0 bridgehead atoms. The highest BCUT2D eigenvalue weighted by atomic mass is 35.5. The second kappa shape index (κ2) is 5.23. The first-order valence-electron chi connectivity index (χ1n) is 6.03. The molecular formula is C13H19ClN2O. The van der Waals surface area contributed by atoms with E-state index in [-0.39, 0.29) is 12.2 Å². The van der Waals surface area contributed by atoms with Gasteiger partial charge >= 0.3 is 0 Å². The summed E-state index contributed by atoms with van der Waals surface area (Å²) in [6.07, 6.45) is 0.516. The Bertz CT molecular complexity index is 387. The fourth-order valence-corrected chi connectivity index (χ4v) is 2.54. The average molecular weight is 255 g/mol. The van der Waals surface area contributed by atoms with Crippen LogP contribution in [0.2, 0.25) is 0 Å². The Morgan fingerprint density at radius 3 is 2.53 bits per heavy atom. The smallest absolute Gasteiger partial charge is 0.128 e. The summed E-state index contributed by atoms with van der Waals surface area (Å²) >= 11 is 5.84.